The number of rotatable bonds is 7. The van der Waals surface area contributed by atoms with Crippen molar-refractivity contribution < 1.29 is 0 Å². The van der Waals surface area contributed by atoms with Crippen LogP contribution in [-0.4, -0.2) is 0 Å². The molecule has 0 heterocycles. The Hall–Kier alpha value is -4.16. The summed E-state index contributed by atoms with van der Waals surface area (Å²) in [6, 6.07) is 39.2. The lowest BCUT2D eigenvalue weighted by Gasteiger charge is -2.14. The summed E-state index contributed by atoms with van der Waals surface area (Å²) in [6.45, 7) is 0. The minimum atomic E-state index is 0.970. The molecule has 36 heavy (non-hydrogen) atoms. The molecule has 0 N–H and O–H groups in total. The van der Waals surface area contributed by atoms with Gasteiger partial charge in [0, 0.05) is 0 Å². The molecule has 0 saturated heterocycles. The number of fused-ring (bicyclic) bond motifs is 2. The summed E-state index contributed by atoms with van der Waals surface area (Å²) in [4.78, 5) is 0. The molecule has 0 bridgehead atoms. The Morgan fingerprint density at radius 2 is 0.833 bits per heavy atom. The zero-order chi connectivity index (χ0) is 24.2. The van der Waals surface area contributed by atoms with Crippen LogP contribution in [0.25, 0.3) is 23.3 Å². The molecule has 0 atom stereocenters. The summed E-state index contributed by atoms with van der Waals surface area (Å²) in [6.07, 6.45) is 13.2. The Balaban J connectivity index is 1.41. The van der Waals surface area contributed by atoms with Gasteiger partial charge in [-0.05, 0) is 70.2 Å². The lowest BCUT2D eigenvalue weighted by atomic mass is 9.90. The van der Waals surface area contributed by atoms with E-state index in [-0.39, 0.29) is 0 Å². The van der Waals surface area contributed by atoms with E-state index in [0.29, 0.717) is 0 Å². The van der Waals surface area contributed by atoms with Crippen molar-refractivity contribution in [2.24, 2.45) is 0 Å². The maximum Gasteiger partial charge on any atom is -0.00484 e. The van der Waals surface area contributed by atoms with Crippen molar-refractivity contribution in [3.05, 3.63) is 166 Å². The van der Waals surface area contributed by atoms with Crippen molar-refractivity contribution >= 4 is 23.3 Å². The second-order valence-corrected chi connectivity index (χ2v) is 9.66. The van der Waals surface area contributed by atoms with Gasteiger partial charge in [0.25, 0.3) is 0 Å². The molecule has 6 rings (SSSR count). The molecule has 0 saturated carbocycles. The minimum absolute atomic E-state index is 0.970. The fourth-order valence-electron chi connectivity index (χ4n) is 5.63. The molecule has 2 aliphatic carbocycles. The third-order valence-corrected chi connectivity index (χ3v) is 7.29. The Kier molecular flexibility index (Phi) is 6.33. The summed E-state index contributed by atoms with van der Waals surface area (Å²) < 4.78 is 0. The van der Waals surface area contributed by atoms with E-state index in [1.165, 1.54) is 55.7 Å². The van der Waals surface area contributed by atoms with Gasteiger partial charge in [0.15, 0.2) is 0 Å². The number of hydrogen-bond acceptors (Lipinski definition) is 0. The van der Waals surface area contributed by atoms with E-state index in [9.17, 15) is 0 Å². The van der Waals surface area contributed by atoms with Crippen molar-refractivity contribution in [1.29, 1.82) is 0 Å². The third-order valence-electron chi connectivity index (χ3n) is 7.29. The average Bonchev–Trinajstić information content (AvgIpc) is 3.47. The van der Waals surface area contributed by atoms with Crippen molar-refractivity contribution in [3.8, 4) is 0 Å². The lowest BCUT2D eigenvalue weighted by Crippen LogP contribution is -1.92. The van der Waals surface area contributed by atoms with Crippen LogP contribution < -0.4 is 0 Å². The first-order chi connectivity index (χ1) is 17.9. The molecule has 0 fully saturated rings. The van der Waals surface area contributed by atoms with Crippen LogP contribution >= 0.6 is 0 Å². The van der Waals surface area contributed by atoms with Crippen LogP contribution in [0.3, 0.4) is 0 Å². The summed E-state index contributed by atoms with van der Waals surface area (Å²) in [5.74, 6) is 0. The van der Waals surface area contributed by atoms with E-state index in [1.54, 1.807) is 0 Å². The highest BCUT2D eigenvalue weighted by molar-refractivity contribution is 6.11. The van der Waals surface area contributed by atoms with Gasteiger partial charge in [-0.15, -0.1) is 0 Å². The number of allylic oxidation sites excluding steroid dienone is 6. The van der Waals surface area contributed by atoms with Gasteiger partial charge in [-0.2, -0.15) is 0 Å². The molecule has 0 nitrogen and oxygen atoms in total. The van der Waals surface area contributed by atoms with Crippen LogP contribution in [0, 0.1) is 0 Å². The van der Waals surface area contributed by atoms with Gasteiger partial charge in [0.2, 0.25) is 0 Å². The highest BCUT2D eigenvalue weighted by Crippen LogP contribution is 2.49. The van der Waals surface area contributed by atoms with E-state index in [4.69, 9.17) is 0 Å². The van der Waals surface area contributed by atoms with Gasteiger partial charge >= 0.3 is 0 Å². The Bertz CT molecular complexity index is 1380. The SMILES string of the molecule is C(=C\c1ccccc1)/CC1=C(C2=C(C/C=C/c3ccccc3)Cc3ccccc32)c2ccccc2C1. The smallest absolute Gasteiger partial charge is 0.00484 e. The first-order valence-corrected chi connectivity index (χ1v) is 12.9. The summed E-state index contributed by atoms with van der Waals surface area (Å²) >= 11 is 0. The van der Waals surface area contributed by atoms with Gasteiger partial charge in [-0.1, -0.05) is 145 Å². The molecule has 174 valence electrons. The molecule has 0 amide bonds. The van der Waals surface area contributed by atoms with Crippen LogP contribution in [0.1, 0.15) is 46.2 Å². The average molecular weight is 463 g/mol. The predicted molar refractivity (Wildman–Crippen MR) is 154 cm³/mol. The topological polar surface area (TPSA) is 0 Å². The van der Waals surface area contributed by atoms with Crippen molar-refractivity contribution in [2.45, 2.75) is 25.7 Å². The standard InChI is InChI=1S/C36H30/c1-3-13-27(14-4-1)17-11-21-31-25-29-19-7-9-23-33(29)35(31)36-32(26-30-20-8-10-24-34(30)36)22-12-18-28-15-5-2-6-16-28/h1-20,23-24H,21-22,25-26H2/b17-11+,18-12+. The molecule has 0 aromatic heterocycles. The maximum absolute atomic E-state index is 2.34. The maximum atomic E-state index is 2.34. The number of hydrogen-bond donors (Lipinski definition) is 0. The highest BCUT2D eigenvalue weighted by Gasteiger charge is 2.30. The van der Waals surface area contributed by atoms with Gasteiger partial charge in [-0.25, -0.2) is 0 Å². The zero-order valence-corrected chi connectivity index (χ0v) is 20.5. The fourth-order valence-corrected chi connectivity index (χ4v) is 5.63. The van der Waals surface area contributed by atoms with Gasteiger partial charge in [0.1, 0.15) is 0 Å². The summed E-state index contributed by atoms with van der Waals surface area (Å²) in [5, 5.41) is 0. The molecule has 4 aromatic carbocycles. The molecule has 4 aromatic rings. The molecule has 0 unspecified atom stereocenters. The van der Waals surface area contributed by atoms with E-state index < -0.39 is 0 Å². The molecule has 0 aliphatic heterocycles. The van der Waals surface area contributed by atoms with Crippen LogP contribution in [0.5, 0.6) is 0 Å². The lowest BCUT2D eigenvalue weighted by molar-refractivity contribution is 1.10. The van der Waals surface area contributed by atoms with Gasteiger partial charge in [-0.3, -0.25) is 0 Å². The second kappa shape index (κ2) is 10.2. The van der Waals surface area contributed by atoms with Gasteiger partial charge in [0.05, 0.1) is 0 Å². The molecule has 0 heteroatoms. The van der Waals surface area contributed by atoms with E-state index >= 15 is 0 Å². The molecular formula is C36H30. The van der Waals surface area contributed by atoms with Crippen LogP contribution in [0.15, 0.2) is 132 Å². The quantitative estimate of drug-likeness (QED) is 0.257. The zero-order valence-electron chi connectivity index (χ0n) is 20.5. The molecule has 0 spiro atoms. The minimum Gasteiger partial charge on any atom is -0.0798 e. The Morgan fingerprint density at radius 1 is 0.444 bits per heavy atom. The fraction of sp³-hybridized carbons (Fsp3) is 0.111. The second-order valence-electron chi connectivity index (χ2n) is 9.66. The Morgan fingerprint density at radius 3 is 1.28 bits per heavy atom. The largest absolute Gasteiger partial charge is 0.0798 e. The first-order valence-electron chi connectivity index (χ1n) is 12.9. The third kappa shape index (κ3) is 4.55. The summed E-state index contributed by atoms with van der Waals surface area (Å²) in [7, 11) is 0. The monoisotopic (exact) mass is 462 g/mol. The first kappa shape index (κ1) is 22.3. The van der Waals surface area contributed by atoms with E-state index in [0.717, 1.165) is 25.7 Å². The van der Waals surface area contributed by atoms with Crippen molar-refractivity contribution in [2.75, 3.05) is 0 Å². The molecule has 0 radical (unpaired) electrons. The Labute approximate surface area is 214 Å². The van der Waals surface area contributed by atoms with Crippen LogP contribution in [-0.2, 0) is 12.8 Å². The predicted octanol–water partition coefficient (Wildman–Crippen LogP) is 9.21. The van der Waals surface area contributed by atoms with Crippen molar-refractivity contribution in [3.63, 3.8) is 0 Å². The van der Waals surface area contributed by atoms with E-state index in [1.807, 2.05) is 0 Å². The van der Waals surface area contributed by atoms with E-state index in [2.05, 4.69) is 133 Å². The molecular weight excluding hydrogens is 432 g/mol. The normalized spacial score (nSPS) is 14.8. The van der Waals surface area contributed by atoms with Crippen LogP contribution in [0.4, 0.5) is 0 Å². The van der Waals surface area contributed by atoms with Crippen LogP contribution in [0.2, 0.25) is 0 Å². The molecule has 2 aliphatic rings. The van der Waals surface area contributed by atoms with Gasteiger partial charge < -0.3 is 0 Å². The summed E-state index contributed by atoms with van der Waals surface area (Å²) in [5.41, 5.74) is 14.2. The number of benzene rings is 4. The van der Waals surface area contributed by atoms with Crippen molar-refractivity contribution in [1.82, 2.24) is 0 Å². The highest BCUT2D eigenvalue weighted by atomic mass is 14.3.